The largest absolute Gasteiger partial charge is 0.493 e. The van der Waals surface area contributed by atoms with Gasteiger partial charge in [-0.05, 0) is 60.3 Å². The Morgan fingerprint density at radius 2 is 1.59 bits per heavy atom. The van der Waals surface area contributed by atoms with Crippen LogP contribution in [0, 0.1) is 10.1 Å². The number of benzene rings is 2. The lowest BCUT2D eigenvalue weighted by Crippen LogP contribution is -2.21. The van der Waals surface area contributed by atoms with E-state index in [1.54, 1.807) is 24.3 Å². The van der Waals surface area contributed by atoms with E-state index in [-0.39, 0.29) is 21.4 Å². The van der Waals surface area contributed by atoms with E-state index in [9.17, 15) is 10.1 Å². The van der Waals surface area contributed by atoms with Gasteiger partial charge in [-0.1, -0.05) is 65.8 Å². The standard InChI is InChI=1S/C27H40N2O3/c1-7-26(3,4)22-13-16-25(24(19-22)27(5,6)8-2)32-18-10-9-17-28-20-21-11-14-23(15-12-21)29(30)31/h11-16,19,28H,7-10,17-18,20H2,1-6H3. The van der Waals surface area contributed by atoms with E-state index in [2.05, 4.69) is 65.1 Å². The summed E-state index contributed by atoms with van der Waals surface area (Å²) in [5.74, 6) is 1.01. The van der Waals surface area contributed by atoms with Crippen LogP contribution in [0.1, 0.15) is 83.9 Å². The molecule has 0 fully saturated rings. The minimum Gasteiger partial charge on any atom is -0.493 e. The number of hydrogen-bond acceptors (Lipinski definition) is 4. The first-order valence-corrected chi connectivity index (χ1v) is 11.8. The van der Waals surface area contributed by atoms with Gasteiger partial charge in [-0.25, -0.2) is 0 Å². The molecule has 0 aliphatic carbocycles. The van der Waals surface area contributed by atoms with Crippen molar-refractivity contribution < 1.29 is 9.66 Å². The van der Waals surface area contributed by atoms with Gasteiger partial charge in [0.25, 0.3) is 5.69 Å². The maximum atomic E-state index is 10.7. The molecule has 0 aromatic heterocycles. The molecule has 0 saturated carbocycles. The van der Waals surface area contributed by atoms with Crippen LogP contribution in [0.2, 0.25) is 0 Å². The minimum absolute atomic E-state index is 0.0709. The Morgan fingerprint density at radius 3 is 2.19 bits per heavy atom. The molecule has 0 aliphatic heterocycles. The summed E-state index contributed by atoms with van der Waals surface area (Å²) < 4.78 is 6.24. The van der Waals surface area contributed by atoms with Crippen molar-refractivity contribution in [1.29, 1.82) is 0 Å². The fourth-order valence-electron chi connectivity index (χ4n) is 3.50. The van der Waals surface area contributed by atoms with Crippen molar-refractivity contribution in [3.63, 3.8) is 0 Å². The summed E-state index contributed by atoms with van der Waals surface area (Å²) in [6.45, 7) is 16.0. The van der Waals surface area contributed by atoms with Crippen LogP contribution in [0.25, 0.3) is 0 Å². The fourth-order valence-corrected chi connectivity index (χ4v) is 3.50. The van der Waals surface area contributed by atoms with Gasteiger partial charge >= 0.3 is 0 Å². The Morgan fingerprint density at radius 1 is 0.938 bits per heavy atom. The Labute approximate surface area is 193 Å². The summed E-state index contributed by atoms with van der Waals surface area (Å²) in [7, 11) is 0. The average Bonchev–Trinajstić information content (AvgIpc) is 2.78. The second-order valence-corrected chi connectivity index (χ2v) is 9.84. The van der Waals surface area contributed by atoms with Crippen molar-refractivity contribution in [2.24, 2.45) is 0 Å². The van der Waals surface area contributed by atoms with Gasteiger partial charge in [0.15, 0.2) is 0 Å². The molecule has 5 heteroatoms. The SMILES string of the molecule is CCC(C)(C)c1ccc(OCCCCNCc2ccc([N+](=O)[O-])cc2)c(C(C)(C)CC)c1. The molecule has 0 radical (unpaired) electrons. The molecule has 0 atom stereocenters. The average molecular weight is 441 g/mol. The fraction of sp³-hybridized carbons (Fsp3) is 0.556. The third-order valence-corrected chi connectivity index (χ3v) is 6.74. The maximum absolute atomic E-state index is 10.7. The zero-order valence-corrected chi connectivity index (χ0v) is 20.7. The molecule has 32 heavy (non-hydrogen) atoms. The molecule has 0 spiro atoms. The smallest absolute Gasteiger partial charge is 0.269 e. The van der Waals surface area contributed by atoms with Gasteiger partial charge in [-0.15, -0.1) is 0 Å². The second-order valence-electron chi connectivity index (χ2n) is 9.84. The van der Waals surface area contributed by atoms with Crippen LogP contribution in [0.5, 0.6) is 5.75 Å². The molecule has 1 N–H and O–H groups in total. The first kappa shape index (κ1) is 25.9. The van der Waals surface area contributed by atoms with Crippen LogP contribution in [0.4, 0.5) is 5.69 Å². The first-order valence-electron chi connectivity index (χ1n) is 11.8. The van der Waals surface area contributed by atoms with Gasteiger partial charge < -0.3 is 10.1 Å². The predicted molar refractivity (Wildman–Crippen MR) is 133 cm³/mol. The van der Waals surface area contributed by atoms with Crippen molar-refractivity contribution >= 4 is 5.69 Å². The van der Waals surface area contributed by atoms with Crippen LogP contribution >= 0.6 is 0 Å². The van der Waals surface area contributed by atoms with Gasteiger partial charge in [0, 0.05) is 24.2 Å². The third kappa shape index (κ3) is 7.06. The number of nitro benzene ring substituents is 1. The monoisotopic (exact) mass is 440 g/mol. The molecule has 0 unspecified atom stereocenters. The Bertz CT molecular complexity index is 873. The molecule has 176 valence electrons. The van der Waals surface area contributed by atoms with Crippen LogP contribution in [0.3, 0.4) is 0 Å². The molecule has 0 aliphatic rings. The third-order valence-electron chi connectivity index (χ3n) is 6.74. The quantitative estimate of drug-likeness (QED) is 0.209. The van der Waals surface area contributed by atoms with E-state index >= 15 is 0 Å². The number of nitrogens with zero attached hydrogens (tertiary/aromatic N) is 1. The lowest BCUT2D eigenvalue weighted by molar-refractivity contribution is -0.384. The maximum Gasteiger partial charge on any atom is 0.269 e. The summed E-state index contributed by atoms with van der Waals surface area (Å²) >= 11 is 0. The van der Waals surface area contributed by atoms with E-state index in [0.29, 0.717) is 13.2 Å². The summed E-state index contributed by atoms with van der Waals surface area (Å²) in [6.07, 6.45) is 4.15. The Kier molecular flexibility index (Phi) is 9.26. The summed E-state index contributed by atoms with van der Waals surface area (Å²) in [5.41, 5.74) is 4.08. The van der Waals surface area contributed by atoms with Gasteiger partial charge in [-0.3, -0.25) is 10.1 Å². The Balaban J connectivity index is 1.84. The zero-order valence-electron chi connectivity index (χ0n) is 20.7. The number of rotatable bonds is 13. The van der Waals surface area contributed by atoms with Crippen molar-refractivity contribution in [3.05, 3.63) is 69.3 Å². The number of unbranched alkanes of at least 4 members (excludes halogenated alkanes) is 1. The van der Waals surface area contributed by atoms with Gasteiger partial charge in [0.2, 0.25) is 0 Å². The predicted octanol–water partition coefficient (Wildman–Crippen LogP) is 6.92. The summed E-state index contributed by atoms with van der Waals surface area (Å²) in [5, 5.41) is 14.1. The van der Waals surface area contributed by atoms with E-state index in [1.807, 2.05) is 0 Å². The highest BCUT2D eigenvalue weighted by atomic mass is 16.6. The van der Waals surface area contributed by atoms with Gasteiger partial charge in [0.1, 0.15) is 5.75 Å². The molecule has 2 rings (SSSR count). The second kappa shape index (κ2) is 11.5. The Hall–Kier alpha value is -2.40. The molecule has 0 heterocycles. The lowest BCUT2D eigenvalue weighted by atomic mass is 9.76. The minimum atomic E-state index is -0.373. The molecule has 0 bridgehead atoms. The highest BCUT2D eigenvalue weighted by molar-refractivity contribution is 5.44. The van der Waals surface area contributed by atoms with Gasteiger partial charge in [0.05, 0.1) is 11.5 Å². The van der Waals surface area contributed by atoms with Gasteiger partial charge in [-0.2, -0.15) is 0 Å². The molecule has 2 aromatic rings. The highest BCUT2D eigenvalue weighted by Crippen LogP contribution is 2.38. The number of hydrogen-bond donors (Lipinski definition) is 1. The summed E-state index contributed by atoms with van der Waals surface area (Å²) in [6, 6.07) is 13.4. The van der Waals surface area contributed by atoms with E-state index in [0.717, 1.165) is 43.5 Å². The molecular formula is C27H40N2O3. The summed E-state index contributed by atoms with van der Waals surface area (Å²) in [4.78, 5) is 10.3. The number of nitro groups is 1. The number of nitrogens with one attached hydrogen (secondary N) is 1. The van der Waals surface area contributed by atoms with E-state index in [1.165, 1.54) is 11.1 Å². The lowest BCUT2D eigenvalue weighted by Gasteiger charge is -2.30. The highest BCUT2D eigenvalue weighted by Gasteiger charge is 2.26. The van der Waals surface area contributed by atoms with Crippen molar-refractivity contribution in [1.82, 2.24) is 5.32 Å². The van der Waals surface area contributed by atoms with Crippen molar-refractivity contribution in [2.75, 3.05) is 13.2 Å². The molecule has 2 aromatic carbocycles. The molecule has 0 amide bonds. The molecule has 5 nitrogen and oxygen atoms in total. The number of non-ortho nitro benzene ring substituents is 1. The van der Waals surface area contributed by atoms with Crippen molar-refractivity contribution in [2.45, 2.75) is 84.6 Å². The van der Waals surface area contributed by atoms with Crippen LogP contribution in [0.15, 0.2) is 42.5 Å². The topological polar surface area (TPSA) is 64.4 Å². The van der Waals surface area contributed by atoms with Crippen LogP contribution < -0.4 is 10.1 Å². The molecular weight excluding hydrogens is 400 g/mol. The zero-order chi connectivity index (χ0) is 23.8. The van der Waals surface area contributed by atoms with Crippen molar-refractivity contribution in [3.8, 4) is 5.75 Å². The number of ether oxygens (including phenoxy) is 1. The normalized spacial score (nSPS) is 12.1. The first-order chi connectivity index (χ1) is 15.1. The van der Waals surface area contributed by atoms with Crippen LogP contribution in [-0.4, -0.2) is 18.1 Å². The van der Waals surface area contributed by atoms with E-state index in [4.69, 9.17) is 4.74 Å². The van der Waals surface area contributed by atoms with E-state index < -0.39 is 0 Å². The van der Waals surface area contributed by atoms with Crippen LogP contribution in [-0.2, 0) is 17.4 Å². The molecule has 0 saturated heterocycles.